The Balaban J connectivity index is 2.54. The highest BCUT2D eigenvalue weighted by Crippen LogP contribution is 2.23. The van der Waals surface area contributed by atoms with Crippen molar-refractivity contribution < 1.29 is 0 Å². The van der Waals surface area contributed by atoms with Gasteiger partial charge in [-0.25, -0.2) is 0 Å². The van der Waals surface area contributed by atoms with Crippen LogP contribution in [0, 0.1) is 0 Å². The van der Waals surface area contributed by atoms with Crippen LogP contribution in [-0.2, 0) is 0 Å². The van der Waals surface area contributed by atoms with Gasteiger partial charge in [0, 0.05) is 10.0 Å². The summed E-state index contributed by atoms with van der Waals surface area (Å²) in [6.45, 7) is 0. The van der Waals surface area contributed by atoms with Crippen molar-refractivity contribution in [2.75, 3.05) is 0 Å². The van der Waals surface area contributed by atoms with Crippen LogP contribution in [0.3, 0.4) is 0 Å². The van der Waals surface area contributed by atoms with E-state index in [4.69, 9.17) is 0 Å². The molecule has 0 aliphatic carbocycles. The Bertz CT molecular complexity index is 401. The molecule has 64 valence electrons. The number of aromatic nitrogens is 2. The molecule has 0 aliphatic rings. The highest BCUT2D eigenvalue weighted by Gasteiger charge is 2.02. The van der Waals surface area contributed by atoms with Crippen LogP contribution in [0.15, 0.2) is 47.1 Å². The summed E-state index contributed by atoms with van der Waals surface area (Å²) in [4.78, 5) is 0. The van der Waals surface area contributed by atoms with Gasteiger partial charge in [0.15, 0.2) is 0 Å². The molecule has 0 saturated carbocycles. The molecule has 0 aliphatic heterocycles. The fourth-order valence-corrected chi connectivity index (χ4v) is 1.53. The van der Waals surface area contributed by atoms with Gasteiger partial charge >= 0.3 is 0 Å². The molecule has 3 heteroatoms. The maximum Gasteiger partial charge on any atom is 0.107 e. The first-order chi connectivity index (χ1) is 6.38. The van der Waals surface area contributed by atoms with E-state index in [1.807, 2.05) is 36.4 Å². The molecule has 0 fully saturated rings. The lowest BCUT2D eigenvalue weighted by atomic mass is 10.1. The fraction of sp³-hybridized carbons (Fsp3) is 0. The monoisotopic (exact) mass is 234 g/mol. The number of hydrogen-bond donors (Lipinski definition) is 0. The van der Waals surface area contributed by atoms with Gasteiger partial charge in [0.1, 0.15) is 5.69 Å². The van der Waals surface area contributed by atoms with E-state index in [1.54, 1.807) is 6.20 Å². The van der Waals surface area contributed by atoms with Crippen molar-refractivity contribution in [3.63, 3.8) is 0 Å². The third-order valence-electron chi connectivity index (χ3n) is 1.72. The van der Waals surface area contributed by atoms with Crippen LogP contribution in [0.25, 0.3) is 11.3 Å². The molecule has 1 aromatic carbocycles. The number of benzene rings is 1. The van der Waals surface area contributed by atoms with E-state index in [1.165, 1.54) is 0 Å². The topological polar surface area (TPSA) is 25.8 Å². The molecule has 13 heavy (non-hydrogen) atoms. The highest BCUT2D eigenvalue weighted by molar-refractivity contribution is 9.10. The molecule has 0 atom stereocenters. The van der Waals surface area contributed by atoms with Gasteiger partial charge in [0.05, 0.1) is 6.20 Å². The molecule has 0 N–H and O–H groups in total. The summed E-state index contributed by atoms with van der Waals surface area (Å²) in [5, 5.41) is 7.89. The van der Waals surface area contributed by atoms with Gasteiger partial charge in [-0.05, 0) is 22.0 Å². The molecule has 0 radical (unpaired) electrons. The second-order valence-electron chi connectivity index (χ2n) is 2.59. The van der Waals surface area contributed by atoms with Crippen LogP contribution in [0.4, 0.5) is 0 Å². The SMILES string of the molecule is Brc1ccnnc1-c1ccccc1. The van der Waals surface area contributed by atoms with E-state index in [-0.39, 0.29) is 0 Å². The lowest BCUT2D eigenvalue weighted by Gasteiger charge is -2.00. The van der Waals surface area contributed by atoms with E-state index in [2.05, 4.69) is 26.1 Å². The molecule has 2 nitrogen and oxygen atoms in total. The van der Waals surface area contributed by atoms with Gasteiger partial charge in [-0.15, -0.1) is 5.10 Å². The van der Waals surface area contributed by atoms with E-state index in [9.17, 15) is 0 Å². The average Bonchev–Trinajstić information content (AvgIpc) is 2.20. The lowest BCUT2D eigenvalue weighted by Crippen LogP contribution is -1.86. The van der Waals surface area contributed by atoms with Crippen molar-refractivity contribution in [2.45, 2.75) is 0 Å². The second-order valence-corrected chi connectivity index (χ2v) is 3.45. The van der Waals surface area contributed by atoms with Crippen molar-refractivity contribution in [1.29, 1.82) is 0 Å². The smallest absolute Gasteiger partial charge is 0.107 e. The zero-order valence-corrected chi connectivity index (χ0v) is 8.40. The van der Waals surface area contributed by atoms with E-state index >= 15 is 0 Å². The quantitative estimate of drug-likeness (QED) is 0.759. The molecule has 2 rings (SSSR count). The molecule has 0 saturated heterocycles. The number of nitrogens with zero attached hydrogens (tertiary/aromatic N) is 2. The first-order valence-electron chi connectivity index (χ1n) is 3.90. The Morgan fingerprint density at radius 1 is 1.00 bits per heavy atom. The van der Waals surface area contributed by atoms with Crippen LogP contribution in [0.2, 0.25) is 0 Å². The molecule has 0 spiro atoms. The third-order valence-corrected chi connectivity index (χ3v) is 2.36. The Morgan fingerprint density at radius 3 is 2.46 bits per heavy atom. The molecular weight excluding hydrogens is 228 g/mol. The molecular formula is C10H7BrN2. The van der Waals surface area contributed by atoms with E-state index in [0.29, 0.717) is 0 Å². The minimum Gasteiger partial charge on any atom is -0.158 e. The van der Waals surface area contributed by atoms with Gasteiger partial charge in [-0.3, -0.25) is 0 Å². The summed E-state index contributed by atoms with van der Waals surface area (Å²) in [5.74, 6) is 0. The molecule has 0 unspecified atom stereocenters. The van der Waals surface area contributed by atoms with Gasteiger partial charge in [-0.2, -0.15) is 5.10 Å². The summed E-state index contributed by atoms with van der Waals surface area (Å²) in [6, 6.07) is 11.8. The summed E-state index contributed by atoms with van der Waals surface area (Å²) in [6.07, 6.45) is 1.66. The normalized spacial score (nSPS) is 9.92. The van der Waals surface area contributed by atoms with Crippen LogP contribution in [0.1, 0.15) is 0 Å². The maximum atomic E-state index is 4.05. The van der Waals surface area contributed by atoms with Gasteiger partial charge in [-0.1, -0.05) is 30.3 Å². The number of hydrogen-bond acceptors (Lipinski definition) is 2. The number of halogens is 1. The average molecular weight is 235 g/mol. The van der Waals surface area contributed by atoms with Gasteiger partial charge in [0.25, 0.3) is 0 Å². The maximum absolute atomic E-state index is 4.05. The molecule has 2 aromatic rings. The largest absolute Gasteiger partial charge is 0.158 e. The first-order valence-corrected chi connectivity index (χ1v) is 4.70. The molecule has 1 heterocycles. The lowest BCUT2D eigenvalue weighted by molar-refractivity contribution is 1.03. The van der Waals surface area contributed by atoms with Crippen molar-refractivity contribution >= 4 is 15.9 Å². The standard InChI is InChI=1S/C10H7BrN2/c11-9-6-7-12-13-10(9)8-4-2-1-3-5-8/h1-7H. The van der Waals surface area contributed by atoms with Crippen molar-refractivity contribution in [3.8, 4) is 11.3 Å². The number of rotatable bonds is 1. The second kappa shape index (κ2) is 3.66. The molecule has 0 amide bonds. The van der Waals surface area contributed by atoms with Gasteiger partial charge < -0.3 is 0 Å². The first kappa shape index (κ1) is 8.38. The molecule has 0 bridgehead atoms. The summed E-state index contributed by atoms with van der Waals surface area (Å²) in [5.41, 5.74) is 1.95. The Morgan fingerprint density at radius 2 is 1.77 bits per heavy atom. The van der Waals surface area contributed by atoms with Gasteiger partial charge in [0.2, 0.25) is 0 Å². The zero-order chi connectivity index (χ0) is 9.10. The summed E-state index contributed by atoms with van der Waals surface area (Å²) >= 11 is 3.43. The van der Waals surface area contributed by atoms with Crippen LogP contribution < -0.4 is 0 Å². The zero-order valence-electron chi connectivity index (χ0n) is 6.81. The third kappa shape index (κ3) is 1.75. The van der Waals surface area contributed by atoms with Crippen LogP contribution in [-0.4, -0.2) is 10.2 Å². The predicted octanol–water partition coefficient (Wildman–Crippen LogP) is 2.91. The van der Waals surface area contributed by atoms with E-state index in [0.717, 1.165) is 15.7 Å². The summed E-state index contributed by atoms with van der Waals surface area (Å²) < 4.78 is 0.966. The van der Waals surface area contributed by atoms with Crippen LogP contribution >= 0.6 is 15.9 Å². The Kier molecular flexibility index (Phi) is 2.36. The molecule has 1 aromatic heterocycles. The van der Waals surface area contributed by atoms with Crippen LogP contribution in [0.5, 0.6) is 0 Å². The minimum atomic E-state index is 0.878. The van der Waals surface area contributed by atoms with E-state index < -0.39 is 0 Å². The Hall–Kier alpha value is -1.22. The highest BCUT2D eigenvalue weighted by atomic mass is 79.9. The fourth-order valence-electron chi connectivity index (χ4n) is 1.11. The van der Waals surface area contributed by atoms with Crippen molar-refractivity contribution in [1.82, 2.24) is 10.2 Å². The predicted molar refractivity (Wildman–Crippen MR) is 55.2 cm³/mol. The van der Waals surface area contributed by atoms with Crippen molar-refractivity contribution in [2.24, 2.45) is 0 Å². The minimum absolute atomic E-state index is 0.878. The summed E-state index contributed by atoms with van der Waals surface area (Å²) in [7, 11) is 0. The van der Waals surface area contributed by atoms with Crippen molar-refractivity contribution in [3.05, 3.63) is 47.1 Å². The Labute approximate surface area is 84.8 Å².